The minimum Gasteiger partial charge on any atom is -0.489 e. The van der Waals surface area contributed by atoms with E-state index < -0.39 is 5.97 Å². The zero-order valence-electron chi connectivity index (χ0n) is 10.2. The van der Waals surface area contributed by atoms with Gasteiger partial charge < -0.3 is 19.2 Å². The number of aromatic carboxylic acids is 1. The summed E-state index contributed by atoms with van der Waals surface area (Å²) >= 11 is 0. The molecule has 0 spiro atoms. The van der Waals surface area contributed by atoms with Crippen LogP contribution >= 0.6 is 0 Å². The van der Waals surface area contributed by atoms with Crippen LogP contribution in [0.3, 0.4) is 0 Å². The lowest BCUT2D eigenvalue weighted by atomic mass is 10.1. The fourth-order valence-corrected chi connectivity index (χ4v) is 2.23. The number of hydrogen-bond acceptors (Lipinski definition) is 4. The van der Waals surface area contributed by atoms with Crippen molar-refractivity contribution in [2.45, 2.75) is 6.54 Å². The van der Waals surface area contributed by atoms with Crippen molar-refractivity contribution in [1.29, 1.82) is 0 Å². The molecule has 3 rings (SSSR count). The molecule has 98 valence electrons. The summed E-state index contributed by atoms with van der Waals surface area (Å²) in [5.41, 5.74) is 0.990. The lowest BCUT2D eigenvalue weighted by Gasteiger charge is -2.31. The Morgan fingerprint density at radius 2 is 2.21 bits per heavy atom. The summed E-state index contributed by atoms with van der Waals surface area (Å²) < 4.78 is 10.8. The molecule has 2 aromatic rings. The minimum atomic E-state index is -0.975. The molecule has 5 heteroatoms. The Labute approximate surface area is 110 Å². The monoisotopic (exact) mass is 259 g/mol. The van der Waals surface area contributed by atoms with Crippen LogP contribution in [-0.4, -0.2) is 24.2 Å². The van der Waals surface area contributed by atoms with Crippen LogP contribution in [0.5, 0.6) is 5.75 Å². The van der Waals surface area contributed by atoms with Gasteiger partial charge in [0.25, 0.3) is 0 Å². The van der Waals surface area contributed by atoms with Crippen molar-refractivity contribution < 1.29 is 19.1 Å². The van der Waals surface area contributed by atoms with E-state index >= 15 is 0 Å². The van der Waals surface area contributed by atoms with Crippen molar-refractivity contribution in [3.8, 4) is 5.75 Å². The number of fused-ring (bicyclic) bond motifs is 1. The minimum absolute atomic E-state index is 0.196. The molecular weight excluding hydrogens is 246 g/mol. The fourth-order valence-electron chi connectivity index (χ4n) is 2.23. The van der Waals surface area contributed by atoms with Gasteiger partial charge >= 0.3 is 5.97 Å². The van der Waals surface area contributed by atoms with E-state index in [2.05, 4.69) is 4.90 Å². The number of anilines is 1. The Balaban J connectivity index is 1.96. The molecule has 0 atom stereocenters. The maximum atomic E-state index is 11.2. The molecule has 2 heterocycles. The summed E-state index contributed by atoms with van der Waals surface area (Å²) in [5.74, 6) is 0.304. The number of carboxylic acids is 1. The first-order chi connectivity index (χ1) is 9.25. The summed E-state index contributed by atoms with van der Waals surface area (Å²) in [6.07, 6.45) is 1.63. The van der Waals surface area contributed by atoms with Crippen molar-refractivity contribution >= 4 is 11.7 Å². The van der Waals surface area contributed by atoms with Crippen LogP contribution in [0.1, 0.15) is 16.1 Å². The Morgan fingerprint density at radius 3 is 2.95 bits per heavy atom. The second-order valence-electron chi connectivity index (χ2n) is 4.31. The maximum absolute atomic E-state index is 11.2. The highest BCUT2D eigenvalue weighted by Crippen LogP contribution is 2.35. The average molecular weight is 259 g/mol. The first-order valence-electron chi connectivity index (χ1n) is 6.02. The third kappa shape index (κ3) is 2.14. The van der Waals surface area contributed by atoms with Crippen LogP contribution in [0.15, 0.2) is 41.0 Å². The van der Waals surface area contributed by atoms with Gasteiger partial charge in [0, 0.05) is 0 Å². The normalized spacial score (nSPS) is 13.8. The van der Waals surface area contributed by atoms with E-state index in [1.807, 2.05) is 18.2 Å². The lowest BCUT2D eigenvalue weighted by molar-refractivity contribution is 0.0692. The van der Waals surface area contributed by atoms with E-state index in [-0.39, 0.29) is 5.56 Å². The van der Waals surface area contributed by atoms with Crippen LogP contribution in [0.2, 0.25) is 0 Å². The molecule has 0 amide bonds. The predicted molar refractivity (Wildman–Crippen MR) is 68.7 cm³/mol. The van der Waals surface area contributed by atoms with Crippen molar-refractivity contribution in [2.24, 2.45) is 0 Å². The molecular formula is C14H13NO4. The molecule has 0 unspecified atom stereocenters. The van der Waals surface area contributed by atoms with Gasteiger partial charge in [-0.15, -0.1) is 0 Å². The zero-order valence-corrected chi connectivity index (χ0v) is 10.2. The van der Waals surface area contributed by atoms with Crippen molar-refractivity contribution in [3.63, 3.8) is 0 Å². The molecule has 0 radical (unpaired) electrons. The van der Waals surface area contributed by atoms with E-state index in [0.29, 0.717) is 25.4 Å². The standard InChI is InChI=1S/C14H13NO4/c16-14(17)11-4-1-5-12-13(11)19-8-6-15(12)9-10-3-2-7-18-10/h1-5,7H,6,8-9H2,(H,16,17). The van der Waals surface area contributed by atoms with E-state index in [4.69, 9.17) is 14.3 Å². The number of rotatable bonds is 3. The van der Waals surface area contributed by atoms with Crippen LogP contribution in [0, 0.1) is 0 Å². The first-order valence-corrected chi connectivity index (χ1v) is 6.02. The Morgan fingerprint density at radius 1 is 1.32 bits per heavy atom. The summed E-state index contributed by atoms with van der Waals surface area (Å²) in [7, 11) is 0. The number of ether oxygens (including phenoxy) is 1. The molecule has 5 nitrogen and oxygen atoms in total. The first kappa shape index (κ1) is 11.6. The smallest absolute Gasteiger partial charge is 0.339 e. The second kappa shape index (κ2) is 4.68. The van der Waals surface area contributed by atoms with Crippen molar-refractivity contribution in [2.75, 3.05) is 18.1 Å². The number of carbonyl (C=O) groups is 1. The largest absolute Gasteiger partial charge is 0.489 e. The van der Waals surface area contributed by atoms with Crippen LogP contribution in [0.25, 0.3) is 0 Å². The molecule has 0 bridgehead atoms. The molecule has 19 heavy (non-hydrogen) atoms. The molecule has 0 aliphatic carbocycles. The van der Waals surface area contributed by atoms with Gasteiger partial charge in [0.2, 0.25) is 0 Å². The molecule has 0 saturated carbocycles. The third-order valence-electron chi connectivity index (χ3n) is 3.10. The average Bonchev–Trinajstić information content (AvgIpc) is 2.91. The van der Waals surface area contributed by atoms with Gasteiger partial charge in [-0.25, -0.2) is 4.79 Å². The van der Waals surface area contributed by atoms with Gasteiger partial charge in [-0.3, -0.25) is 0 Å². The highest BCUT2D eigenvalue weighted by atomic mass is 16.5. The number of hydrogen-bond donors (Lipinski definition) is 1. The molecule has 1 aromatic heterocycles. The summed E-state index contributed by atoms with van der Waals surface area (Å²) in [5, 5.41) is 9.17. The van der Waals surface area contributed by atoms with Gasteiger partial charge in [0.15, 0.2) is 5.75 Å². The SMILES string of the molecule is O=C(O)c1cccc2c1OCCN2Cc1ccco1. The Kier molecular flexibility index (Phi) is 2.87. The van der Waals surface area contributed by atoms with Gasteiger partial charge in [0.1, 0.15) is 17.9 Å². The highest BCUT2D eigenvalue weighted by molar-refractivity contribution is 5.93. The molecule has 1 aliphatic heterocycles. The number of carboxylic acid groups (broad SMARTS) is 1. The summed E-state index contributed by atoms with van der Waals surface area (Å²) in [6, 6.07) is 8.88. The molecule has 1 aromatic carbocycles. The van der Waals surface area contributed by atoms with E-state index in [9.17, 15) is 4.79 Å². The Hall–Kier alpha value is -2.43. The third-order valence-corrected chi connectivity index (χ3v) is 3.10. The molecule has 0 saturated heterocycles. The van der Waals surface area contributed by atoms with E-state index in [0.717, 1.165) is 11.4 Å². The zero-order chi connectivity index (χ0) is 13.2. The van der Waals surface area contributed by atoms with Gasteiger partial charge in [0.05, 0.1) is 25.0 Å². The molecule has 1 aliphatic rings. The quantitative estimate of drug-likeness (QED) is 0.916. The molecule has 0 fully saturated rings. The Bertz CT molecular complexity index is 591. The van der Waals surface area contributed by atoms with Crippen molar-refractivity contribution in [1.82, 2.24) is 0 Å². The highest BCUT2D eigenvalue weighted by Gasteiger charge is 2.24. The van der Waals surface area contributed by atoms with Gasteiger partial charge in [-0.2, -0.15) is 0 Å². The maximum Gasteiger partial charge on any atom is 0.339 e. The predicted octanol–water partition coefficient (Wildman–Crippen LogP) is 2.38. The van der Waals surface area contributed by atoms with Crippen LogP contribution in [0.4, 0.5) is 5.69 Å². The number of para-hydroxylation sites is 1. The van der Waals surface area contributed by atoms with Crippen LogP contribution in [-0.2, 0) is 6.54 Å². The second-order valence-corrected chi connectivity index (χ2v) is 4.31. The van der Waals surface area contributed by atoms with Gasteiger partial charge in [-0.05, 0) is 24.3 Å². The van der Waals surface area contributed by atoms with Gasteiger partial charge in [-0.1, -0.05) is 6.07 Å². The number of benzene rings is 1. The summed E-state index contributed by atoms with van der Waals surface area (Å²) in [6.45, 7) is 1.78. The fraction of sp³-hybridized carbons (Fsp3) is 0.214. The topological polar surface area (TPSA) is 62.9 Å². The van der Waals surface area contributed by atoms with Crippen molar-refractivity contribution in [3.05, 3.63) is 47.9 Å². The number of furan rings is 1. The molecule has 1 N–H and O–H groups in total. The van der Waals surface area contributed by atoms with E-state index in [1.165, 1.54) is 0 Å². The number of nitrogens with zero attached hydrogens (tertiary/aromatic N) is 1. The van der Waals surface area contributed by atoms with E-state index in [1.54, 1.807) is 18.4 Å². The lowest BCUT2D eigenvalue weighted by Crippen LogP contribution is -2.32. The van der Waals surface area contributed by atoms with Crippen LogP contribution < -0.4 is 9.64 Å². The summed E-state index contributed by atoms with van der Waals surface area (Å²) in [4.78, 5) is 13.2.